The number of nitrogens with zero attached hydrogens (tertiary/aromatic N) is 2. The van der Waals surface area contributed by atoms with E-state index in [0.29, 0.717) is 10.7 Å². The van der Waals surface area contributed by atoms with Crippen LogP contribution in [0.15, 0.2) is 35.5 Å². The number of amides is 2. The van der Waals surface area contributed by atoms with Gasteiger partial charge in [-0.05, 0) is 12.1 Å². The number of carbonyl (C=O) groups excluding carboxylic acids is 2. The van der Waals surface area contributed by atoms with E-state index in [-0.39, 0.29) is 32.0 Å². The number of rotatable bonds is 6. The fourth-order valence-corrected chi connectivity index (χ4v) is 2.54. The van der Waals surface area contributed by atoms with Crippen LogP contribution in [0.3, 0.4) is 0 Å². The first-order valence-corrected chi connectivity index (χ1v) is 7.06. The molecule has 2 rings (SSSR count). The molecule has 0 aliphatic carbocycles. The second kappa shape index (κ2) is 6.89. The maximum atomic E-state index is 12.6. The molecule has 126 valence electrons. The van der Waals surface area contributed by atoms with Crippen LogP contribution in [0.1, 0.15) is 12.2 Å². The van der Waals surface area contributed by atoms with E-state index in [4.69, 9.17) is 4.42 Å². The van der Waals surface area contributed by atoms with Crippen LogP contribution in [-0.2, 0) is 16.1 Å². The first-order valence-electron chi connectivity index (χ1n) is 7.06. The molecule has 8 heteroatoms. The molecule has 0 spiro atoms. The summed E-state index contributed by atoms with van der Waals surface area (Å²) in [7, 11) is 0. The minimum absolute atomic E-state index is 0.0872. The summed E-state index contributed by atoms with van der Waals surface area (Å²) in [5.74, 6) is -1.17. The smallest absolute Gasteiger partial charge is 0.406 e. The highest BCUT2D eigenvalue weighted by Gasteiger charge is 2.39. The molecule has 1 aliphatic rings. The average molecular weight is 330 g/mol. The standard InChI is InChI=1S/C15H17F3N2O3/c1-2-5-19(10-15(16,17)18)14(22)11-7-13(21)20(8-11)9-12-4-3-6-23-12/h2-4,6,11H,1,5,7-10H2. The molecule has 1 saturated heterocycles. The van der Waals surface area contributed by atoms with Gasteiger partial charge in [-0.1, -0.05) is 6.08 Å². The predicted molar refractivity (Wildman–Crippen MR) is 75.1 cm³/mol. The summed E-state index contributed by atoms with van der Waals surface area (Å²) in [6, 6.07) is 3.36. The molecule has 1 atom stereocenters. The molecule has 2 amide bonds. The van der Waals surface area contributed by atoms with Gasteiger partial charge in [-0.25, -0.2) is 0 Å². The summed E-state index contributed by atoms with van der Waals surface area (Å²) >= 11 is 0. The van der Waals surface area contributed by atoms with Crippen molar-refractivity contribution in [3.05, 3.63) is 36.8 Å². The lowest BCUT2D eigenvalue weighted by Gasteiger charge is -2.25. The molecular weight excluding hydrogens is 313 g/mol. The molecule has 1 unspecified atom stereocenters. The number of hydrogen-bond donors (Lipinski definition) is 0. The van der Waals surface area contributed by atoms with Crippen LogP contribution in [0.5, 0.6) is 0 Å². The van der Waals surface area contributed by atoms with E-state index in [0.717, 1.165) is 0 Å². The SMILES string of the molecule is C=CCN(CC(F)(F)F)C(=O)C1CC(=O)N(Cc2ccco2)C1. The van der Waals surface area contributed by atoms with Crippen LogP contribution in [0.2, 0.25) is 0 Å². The van der Waals surface area contributed by atoms with E-state index in [1.807, 2.05) is 0 Å². The van der Waals surface area contributed by atoms with E-state index in [2.05, 4.69) is 6.58 Å². The van der Waals surface area contributed by atoms with E-state index < -0.39 is 24.5 Å². The highest BCUT2D eigenvalue weighted by atomic mass is 19.4. The van der Waals surface area contributed by atoms with E-state index >= 15 is 0 Å². The van der Waals surface area contributed by atoms with E-state index in [1.165, 1.54) is 17.2 Å². The summed E-state index contributed by atoms with van der Waals surface area (Å²) < 4.78 is 42.8. The highest BCUT2D eigenvalue weighted by molar-refractivity contribution is 5.89. The Hall–Kier alpha value is -2.25. The summed E-state index contributed by atoms with van der Waals surface area (Å²) in [4.78, 5) is 26.3. The fourth-order valence-electron chi connectivity index (χ4n) is 2.54. The fraction of sp³-hybridized carbons (Fsp3) is 0.467. The van der Waals surface area contributed by atoms with Crippen LogP contribution >= 0.6 is 0 Å². The number of hydrogen-bond acceptors (Lipinski definition) is 3. The zero-order chi connectivity index (χ0) is 17.0. The van der Waals surface area contributed by atoms with Crippen LogP contribution in [-0.4, -0.2) is 47.4 Å². The normalized spacial score (nSPS) is 18.3. The van der Waals surface area contributed by atoms with Gasteiger partial charge in [0, 0.05) is 19.5 Å². The Morgan fingerprint density at radius 1 is 1.52 bits per heavy atom. The third-order valence-corrected chi connectivity index (χ3v) is 3.52. The van der Waals surface area contributed by atoms with Crippen molar-refractivity contribution in [2.24, 2.45) is 5.92 Å². The van der Waals surface area contributed by atoms with Crippen molar-refractivity contribution in [1.29, 1.82) is 0 Å². The van der Waals surface area contributed by atoms with E-state index in [1.54, 1.807) is 12.1 Å². The van der Waals surface area contributed by atoms with Crippen LogP contribution in [0.4, 0.5) is 13.2 Å². The molecule has 0 aromatic carbocycles. The Bertz CT molecular complexity index is 569. The van der Waals surface area contributed by atoms with Gasteiger partial charge in [0.25, 0.3) is 0 Å². The maximum absolute atomic E-state index is 12.6. The summed E-state index contributed by atoms with van der Waals surface area (Å²) in [5, 5.41) is 0. The quantitative estimate of drug-likeness (QED) is 0.752. The Balaban J connectivity index is 2.01. The molecule has 0 saturated carbocycles. The van der Waals surface area contributed by atoms with Crippen molar-refractivity contribution in [2.75, 3.05) is 19.6 Å². The molecule has 23 heavy (non-hydrogen) atoms. The number of likely N-dealkylation sites (tertiary alicyclic amines) is 1. The topological polar surface area (TPSA) is 53.8 Å². The molecule has 0 N–H and O–H groups in total. The Kier molecular flexibility index (Phi) is 5.12. The van der Waals surface area contributed by atoms with Gasteiger partial charge in [-0.15, -0.1) is 6.58 Å². The summed E-state index contributed by atoms with van der Waals surface area (Å²) in [5.41, 5.74) is 0. The van der Waals surface area contributed by atoms with Crippen LogP contribution in [0.25, 0.3) is 0 Å². The Morgan fingerprint density at radius 2 is 2.26 bits per heavy atom. The summed E-state index contributed by atoms with van der Waals surface area (Å²) in [6.07, 6.45) is -1.88. The second-order valence-electron chi connectivity index (χ2n) is 5.38. The second-order valence-corrected chi connectivity index (χ2v) is 5.38. The molecule has 2 heterocycles. The molecule has 5 nitrogen and oxygen atoms in total. The minimum Gasteiger partial charge on any atom is -0.467 e. The lowest BCUT2D eigenvalue weighted by Crippen LogP contribution is -2.42. The number of alkyl halides is 3. The molecule has 1 aromatic heterocycles. The van der Waals surface area contributed by atoms with Crippen molar-refractivity contribution in [3.63, 3.8) is 0 Å². The van der Waals surface area contributed by atoms with E-state index in [9.17, 15) is 22.8 Å². The van der Waals surface area contributed by atoms with Crippen molar-refractivity contribution < 1.29 is 27.2 Å². The largest absolute Gasteiger partial charge is 0.467 e. The Labute approximate surface area is 131 Å². The van der Waals surface area contributed by atoms with Crippen molar-refractivity contribution in [2.45, 2.75) is 19.1 Å². The maximum Gasteiger partial charge on any atom is 0.406 e. The van der Waals surface area contributed by atoms with Gasteiger partial charge in [-0.3, -0.25) is 9.59 Å². The minimum atomic E-state index is -4.49. The van der Waals surface area contributed by atoms with Crippen molar-refractivity contribution in [3.8, 4) is 0 Å². The van der Waals surface area contributed by atoms with Gasteiger partial charge in [-0.2, -0.15) is 13.2 Å². The summed E-state index contributed by atoms with van der Waals surface area (Å²) in [6.45, 7) is 2.11. The molecular formula is C15H17F3N2O3. The third kappa shape index (κ3) is 4.61. The van der Waals surface area contributed by atoms with Gasteiger partial charge in [0.05, 0.1) is 18.7 Å². The number of carbonyl (C=O) groups is 2. The predicted octanol–water partition coefficient (Wildman–Crippen LogP) is 2.21. The van der Waals surface area contributed by atoms with Crippen LogP contribution in [0, 0.1) is 5.92 Å². The zero-order valence-corrected chi connectivity index (χ0v) is 12.4. The van der Waals surface area contributed by atoms with Gasteiger partial charge >= 0.3 is 6.18 Å². The molecule has 1 aromatic rings. The van der Waals surface area contributed by atoms with Gasteiger partial charge in [0.1, 0.15) is 12.3 Å². The number of furan rings is 1. The zero-order valence-electron chi connectivity index (χ0n) is 12.4. The lowest BCUT2D eigenvalue weighted by molar-refractivity contribution is -0.162. The third-order valence-electron chi connectivity index (χ3n) is 3.52. The van der Waals surface area contributed by atoms with Crippen molar-refractivity contribution in [1.82, 2.24) is 9.80 Å². The molecule has 1 aliphatic heterocycles. The number of halogens is 3. The first-order chi connectivity index (χ1) is 10.8. The molecule has 0 radical (unpaired) electrons. The van der Waals surface area contributed by atoms with Crippen molar-refractivity contribution >= 4 is 11.8 Å². The monoisotopic (exact) mass is 330 g/mol. The van der Waals surface area contributed by atoms with Gasteiger partial charge < -0.3 is 14.2 Å². The first kappa shape index (κ1) is 17.1. The molecule has 1 fully saturated rings. The lowest BCUT2D eigenvalue weighted by atomic mass is 10.1. The average Bonchev–Trinajstić information content (AvgIpc) is 3.07. The van der Waals surface area contributed by atoms with Gasteiger partial charge in [0.15, 0.2) is 0 Å². The van der Waals surface area contributed by atoms with Gasteiger partial charge in [0.2, 0.25) is 11.8 Å². The molecule has 0 bridgehead atoms. The highest BCUT2D eigenvalue weighted by Crippen LogP contribution is 2.24. The Morgan fingerprint density at radius 3 is 2.83 bits per heavy atom. The van der Waals surface area contributed by atoms with Crippen LogP contribution < -0.4 is 0 Å².